The number of aliphatic hydroxyl groups excluding tert-OH is 7. The number of cyclic esters (lactones) is 1. The average Bonchev–Trinajstić information content (AvgIpc) is 3.63. The molecular weight excluding hydrogens is 644 g/mol. The summed E-state index contributed by atoms with van der Waals surface area (Å²) in [6.45, 7) is 3.60. The van der Waals surface area contributed by atoms with E-state index in [9.17, 15) is 45.6 Å². The lowest BCUT2D eigenvalue weighted by Gasteiger charge is -2.64. The van der Waals surface area contributed by atoms with E-state index in [0.717, 1.165) is 56.9 Å². The van der Waals surface area contributed by atoms with Gasteiger partial charge in [-0.2, -0.15) is 0 Å². The van der Waals surface area contributed by atoms with E-state index in [1.165, 1.54) is 0 Å². The number of fused-ring (bicyclic) bond motifs is 5. The van der Waals surface area contributed by atoms with Gasteiger partial charge in [-0.15, -0.1) is 0 Å². The SMILES string of the molecule is C[C@]12CC[C@H](O[C@@H]3O[C@H](CO)[C@@H](O[C@@H]4O[C@H](CO)[C@@H](O)[C@H](O)[C@H]4O)[C@H](O)[C@H]3O)C[C@H]1CCC1C2CC[C@]2(C)[C@@H](C3=CC(=O)OC3)CC[C@]12O. The minimum atomic E-state index is -1.74. The van der Waals surface area contributed by atoms with Crippen molar-refractivity contribution in [2.45, 2.75) is 145 Å². The molecule has 0 amide bonds. The highest BCUT2D eigenvalue weighted by atomic mass is 16.7. The molecule has 2 saturated heterocycles. The van der Waals surface area contributed by atoms with Gasteiger partial charge in [0.2, 0.25) is 0 Å². The topological polar surface area (TPSA) is 225 Å². The number of rotatable bonds is 7. The van der Waals surface area contributed by atoms with Crippen LogP contribution < -0.4 is 0 Å². The molecule has 4 saturated carbocycles. The van der Waals surface area contributed by atoms with Gasteiger partial charge < -0.3 is 64.5 Å². The fourth-order valence-electron chi connectivity index (χ4n) is 11.4. The van der Waals surface area contributed by atoms with Crippen molar-refractivity contribution in [3.05, 3.63) is 11.6 Å². The quantitative estimate of drug-likeness (QED) is 0.121. The van der Waals surface area contributed by atoms with Crippen LogP contribution in [0.25, 0.3) is 0 Å². The van der Waals surface area contributed by atoms with Crippen LogP contribution >= 0.6 is 0 Å². The van der Waals surface area contributed by atoms with Crippen LogP contribution in [0.4, 0.5) is 0 Å². The maximum Gasteiger partial charge on any atom is 0.331 e. The maximum atomic E-state index is 12.5. The van der Waals surface area contributed by atoms with Crippen molar-refractivity contribution in [2.24, 2.45) is 34.5 Å². The van der Waals surface area contributed by atoms with E-state index in [0.29, 0.717) is 24.9 Å². The first-order valence-electron chi connectivity index (χ1n) is 18.1. The molecule has 3 aliphatic heterocycles. The first-order valence-corrected chi connectivity index (χ1v) is 18.1. The van der Waals surface area contributed by atoms with Gasteiger partial charge in [0, 0.05) is 11.5 Å². The van der Waals surface area contributed by atoms with E-state index in [-0.39, 0.29) is 34.7 Å². The Morgan fingerprint density at radius 1 is 0.776 bits per heavy atom. The third-order valence-electron chi connectivity index (χ3n) is 14.2. The standard InChI is InChI=1S/C35H54O14/c1-33-8-5-18(46-31-29(43)27(41)30(23(14-37)48-31)49-32-28(42)26(40)25(39)22(13-36)47-32)12-17(33)3-4-21-20(33)6-9-34(2)19(7-10-35(21,34)44)16-11-24(38)45-15-16/h11,17-23,25-32,36-37,39-44H,3-10,12-15H2,1-2H3/t17-,18+,19-,20?,21?,22-,23-,25-,26+,27-,28-,29-,30-,31-,32+,33+,34-,35+/m1/s1. The van der Waals surface area contributed by atoms with E-state index in [1.807, 2.05) is 0 Å². The van der Waals surface area contributed by atoms with Crippen LogP contribution in [0, 0.1) is 34.5 Å². The van der Waals surface area contributed by atoms with Gasteiger partial charge in [-0.05, 0) is 92.4 Å². The zero-order valence-corrected chi connectivity index (χ0v) is 28.3. The van der Waals surface area contributed by atoms with Gasteiger partial charge in [0.05, 0.1) is 24.9 Å². The van der Waals surface area contributed by atoms with Crippen molar-refractivity contribution in [1.82, 2.24) is 0 Å². The maximum absolute atomic E-state index is 12.5. The third-order valence-corrected chi connectivity index (χ3v) is 14.2. The molecule has 0 aromatic carbocycles. The summed E-state index contributed by atoms with van der Waals surface area (Å²) < 4.78 is 28.6. The monoisotopic (exact) mass is 698 g/mol. The van der Waals surface area contributed by atoms with Crippen molar-refractivity contribution in [1.29, 1.82) is 0 Å². The third kappa shape index (κ3) is 5.73. The van der Waals surface area contributed by atoms with Crippen LogP contribution in [0.15, 0.2) is 11.6 Å². The lowest BCUT2D eigenvalue weighted by atomic mass is 9.43. The summed E-state index contributed by atoms with van der Waals surface area (Å²) in [7, 11) is 0. The van der Waals surface area contributed by atoms with Crippen LogP contribution in [-0.4, -0.2) is 140 Å². The summed E-state index contributed by atoms with van der Waals surface area (Å²) in [4.78, 5) is 11.9. The molecule has 2 unspecified atom stereocenters. The van der Waals surface area contributed by atoms with E-state index >= 15 is 0 Å². The van der Waals surface area contributed by atoms with Crippen LogP contribution in [0.2, 0.25) is 0 Å². The molecule has 278 valence electrons. The van der Waals surface area contributed by atoms with Crippen molar-refractivity contribution >= 4 is 5.97 Å². The molecule has 14 nitrogen and oxygen atoms in total. The number of carbonyl (C=O) groups is 1. The Labute approximate surface area is 285 Å². The first kappa shape index (κ1) is 36.1. The van der Waals surface area contributed by atoms with E-state index in [2.05, 4.69) is 13.8 Å². The van der Waals surface area contributed by atoms with Crippen molar-refractivity contribution < 1.29 is 69.3 Å². The normalized spacial score (nSPS) is 54.4. The molecule has 3 heterocycles. The van der Waals surface area contributed by atoms with Gasteiger partial charge >= 0.3 is 5.97 Å². The number of hydrogen-bond acceptors (Lipinski definition) is 14. The molecule has 18 atom stereocenters. The summed E-state index contributed by atoms with van der Waals surface area (Å²) in [6.07, 6.45) is -5.96. The van der Waals surface area contributed by atoms with Gasteiger partial charge in [0.25, 0.3) is 0 Å². The second kappa shape index (κ2) is 13.3. The number of esters is 1. The average molecular weight is 699 g/mol. The molecule has 0 aromatic rings. The molecule has 6 fully saturated rings. The van der Waals surface area contributed by atoms with Crippen molar-refractivity contribution in [3.8, 4) is 0 Å². The van der Waals surface area contributed by atoms with Gasteiger partial charge in [-0.25, -0.2) is 4.79 Å². The Hall–Kier alpha value is -1.27. The molecule has 7 rings (SSSR count). The molecule has 0 spiro atoms. The van der Waals surface area contributed by atoms with Gasteiger partial charge in [-0.1, -0.05) is 13.8 Å². The molecule has 0 bridgehead atoms. The van der Waals surface area contributed by atoms with Crippen LogP contribution in [0.5, 0.6) is 0 Å². The van der Waals surface area contributed by atoms with Gasteiger partial charge in [-0.3, -0.25) is 0 Å². The smallest absolute Gasteiger partial charge is 0.331 e. The van der Waals surface area contributed by atoms with Gasteiger partial charge in [0.1, 0.15) is 55.4 Å². The van der Waals surface area contributed by atoms with Gasteiger partial charge in [0.15, 0.2) is 12.6 Å². The highest BCUT2D eigenvalue weighted by molar-refractivity contribution is 5.85. The van der Waals surface area contributed by atoms with Crippen molar-refractivity contribution in [2.75, 3.05) is 19.8 Å². The molecule has 14 heteroatoms. The summed E-state index contributed by atoms with van der Waals surface area (Å²) in [5.74, 6) is 0.683. The molecular formula is C35H54O14. The molecule has 49 heavy (non-hydrogen) atoms. The Kier molecular flexibility index (Phi) is 9.80. The van der Waals surface area contributed by atoms with Crippen LogP contribution in [0.3, 0.4) is 0 Å². The second-order valence-electron chi connectivity index (χ2n) is 16.3. The predicted octanol–water partition coefficient (Wildman–Crippen LogP) is -0.747. The molecule has 7 aliphatic rings. The fraction of sp³-hybridized carbons (Fsp3) is 0.914. The molecule has 8 N–H and O–H groups in total. The zero-order valence-electron chi connectivity index (χ0n) is 28.3. The minimum absolute atomic E-state index is 0.00679. The van der Waals surface area contributed by atoms with Crippen LogP contribution in [-0.2, 0) is 28.5 Å². The fourth-order valence-corrected chi connectivity index (χ4v) is 11.4. The summed E-state index contributed by atoms with van der Waals surface area (Å²) in [5, 5.41) is 84.9. The number of ether oxygens (including phenoxy) is 5. The number of hydrogen-bond donors (Lipinski definition) is 8. The van der Waals surface area contributed by atoms with Crippen LogP contribution in [0.1, 0.15) is 71.6 Å². The highest BCUT2D eigenvalue weighted by Gasteiger charge is 2.68. The highest BCUT2D eigenvalue weighted by Crippen LogP contribution is 2.70. The minimum Gasteiger partial charge on any atom is -0.458 e. The summed E-state index contributed by atoms with van der Waals surface area (Å²) in [5.41, 5.74) is -0.0991. The van der Waals surface area contributed by atoms with E-state index < -0.39 is 80.2 Å². The first-order chi connectivity index (χ1) is 23.3. The summed E-state index contributed by atoms with van der Waals surface area (Å²) in [6, 6.07) is 0. The van der Waals surface area contributed by atoms with E-state index in [1.54, 1.807) is 6.08 Å². The van der Waals surface area contributed by atoms with E-state index in [4.69, 9.17) is 23.7 Å². The number of aliphatic hydroxyl groups is 8. The Morgan fingerprint density at radius 2 is 1.47 bits per heavy atom. The lowest BCUT2D eigenvalue weighted by molar-refractivity contribution is -0.364. The Bertz CT molecular complexity index is 1260. The Balaban J connectivity index is 0.990. The summed E-state index contributed by atoms with van der Waals surface area (Å²) >= 11 is 0. The molecule has 4 aliphatic carbocycles. The molecule has 0 aromatic heterocycles. The lowest BCUT2D eigenvalue weighted by Crippen LogP contribution is -2.65. The second-order valence-corrected chi connectivity index (χ2v) is 16.3. The predicted molar refractivity (Wildman–Crippen MR) is 167 cm³/mol. The molecule has 0 radical (unpaired) electrons. The van der Waals surface area contributed by atoms with Crippen molar-refractivity contribution in [3.63, 3.8) is 0 Å². The number of carbonyl (C=O) groups excluding carboxylic acids is 1. The Morgan fingerprint density at radius 3 is 2.16 bits per heavy atom. The largest absolute Gasteiger partial charge is 0.458 e. The zero-order chi connectivity index (χ0) is 35.0.